The molecule has 0 bridgehead atoms. The number of para-hydroxylation sites is 1. The zero-order chi connectivity index (χ0) is 15.1. The van der Waals surface area contributed by atoms with Crippen molar-refractivity contribution >= 4 is 17.5 Å². The largest absolute Gasteiger partial charge is 0.399 e. The van der Waals surface area contributed by atoms with Gasteiger partial charge in [0.1, 0.15) is 6.04 Å². The number of nitrogen functional groups attached to an aromatic ring is 1. The Morgan fingerprint density at radius 1 is 1.15 bits per heavy atom. The summed E-state index contributed by atoms with van der Waals surface area (Å²) in [6, 6.07) is 6.99. The van der Waals surface area contributed by atoms with E-state index in [0.717, 1.165) is 5.56 Å². The molecule has 0 aliphatic rings. The van der Waals surface area contributed by atoms with Gasteiger partial charge in [-0.2, -0.15) is 0 Å². The maximum absolute atomic E-state index is 11.8. The van der Waals surface area contributed by atoms with Gasteiger partial charge in [0, 0.05) is 18.2 Å². The van der Waals surface area contributed by atoms with Crippen LogP contribution < -0.4 is 16.4 Å². The summed E-state index contributed by atoms with van der Waals surface area (Å²) in [6.45, 7) is 5.43. The van der Waals surface area contributed by atoms with Crippen LogP contribution in [0.2, 0.25) is 0 Å². The van der Waals surface area contributed by atoms with Crippen molar-refractivity contribution in [1.82, 2.24) is 10.6 Å². The van der Waals surface area contributed by atoms with E-state index in [0.29, 0.717) is 18.5 Å². The number of nitrogens with two attached hydrogens (primary N) is 1. The first-order valence-electron chi connectivity index (χ1n) is 6.83. The number of benzene rings is 1. The van der Waals surface area contributed by atoms with E-state index in [9.17, 15) is 9.59 Å². The van der Waals surface area contributed by atoms with E-state index >= 15 is 0 Å². The van der Waals surface area contributed by atoms with Crippen LogP contribution in [-0.2, 0) is 16.0 Å². The molecule has 20 heavy (non-hydrogen) atoms. The number of carbonyl (C=O) groups excluding carboxylic acids is 2. The van der Waals surface area contributed by atoms with Gasteiger partial charge in [-0.3, -0.25) is 9.59 Å². The summed E-state index contributed by atoms with van der Waals surface area (Å²) in [4.78, 5) is 23.5. The number of hydrogen-bond donors (Lipinski definition) is 3. The molecule has 1 atom stereocenters. The van der Waals surface area contributed by atoms with Gasteiger partial charge in [0.2, 0.25) is 11.8 Å². The minimum Gasteiger partial charge on any atom is -0.399 e. The molecule has 5 nitrogen and oxygen atoms in total. The van der Waals surface area contributed by atoms with Crippen LogP contribution in [0.4, 0.5) is 5.69 Å². The molecule has 0 aromatic heterocycles. The lowest BCUT2D eigenvalue weighted by Gasteiger charge is -2.16. The Balaban J connectivity index is 2.40. The molecule has 0 fully saturated rings. The highest BCUT2D eigenvalue weighted by atomic mass is 16.2. The van der Waals surface area contributed by atoms with Crippen LogP contribution in [0.3, 0.4) is 0 Å². The molecular formula is C15H23N3O2. The SMILES string of the molecule is CC(C)NC(=O)C(C)NC(=O)CCc1ccccc1N. The van der Waals surface area contributed by atoms with Crippen molar-refractivity contribution in [1.29, 1.82) is 0 Å². The fourth-order valence-corrected chi connectivity index (χ4v) is 1.80. The lowest BCUT2D eigenvalue weighted by atomic mass is 10.1. The molecular weight excluding hydrogens is 254 g/mol. The number of anilines is 1. The summed E-state index contributed by atoms with van der Waals surface area (Å²) in [7, 11) is 0. The molecule has 0 radical (unpaired) electrons. The average Bonchev–Trinajstić information content (AvgIpc) is 2.37. The van der Waals surface area contributed by atoms with E-state index in [1.165, 1.54) is 0 Å². The molecule has 1 unspecified atom stereocenters. The predicted octanol–water partition coefficient (Wildman–Crippen LogP) is 1.23. The molecule has 2 amide bonds. The lowest BCUT2D eigenvalue weighted by molar-refractivity contribution is -0.128. The van der Waals surface area contributed by atoms with E-state index in [-0.39, 0.29) is 17.9 Å². The summed E-state index contributed by atoms with van der Waals surface area (Å²) in [5.74, 6) is -0.327. The van der Waals surface area contributed by atoms with Gasteiger partial charge in [0.05, 0.1) is 0 Å². The van der Waals surface area contributed by atoms with Crippen molar-refractivity contribution in [3.8, 4) is 0 Å². The van der Waals surface area contributed by atoms with Crippen molar-refractivity contribution in [2.45, 2.75) is 45.7 Å². The lowest BCUT2D eigenvalue weighted by Crippen LogP contribution is -2.46. The van der Waals surface area contributed by atoms with Crippen molar-refractivity contribution in [3.05, 3.63) is 29.8 Å². The zero-order valence-corrected chi connectivity index (χ0v) is 12.3. The number of nitrogens with one attached hydrogen (secondary N) is 2. The van der Waals surface area contributed by atoms with Gasteiger partial charge in [-0.05, 0) is 38.8 Å². The Morgan fingerprint density at radius 3 is 2.40 bits per heavy atom. The Morgan fingerprint density at radius 2 is 1.80 bits per heavy atom. The summed E-state index contributed by atoms with van der Waals surface area (Å²) < 4.78 is 0. The average molecular weight is 277 g/mol. The van der Waals surface area contributed by atoms with Gasteiger partial charge < -0.3 is 16.4 Å². The molecule has 1 aromatic carbocycles. The van der Waals surface area contributed by atoms with Crippen molar-refractivity contribution in [3.63, 3.8) is 0 Å². The summed E-state index contributed by atoms with van der Waals surface area (Å²) in [5.41, 5.74) is 7.45. The normalized spacial score (nSPS) is 12.0. The van der Waals surface area contributed by atoms with Gasteiger partial charge in [-0.1, -0.05) is 18.2 Å². The van der Waals surface area contributed by atoms with Crippen molar-refractivity contribution in [2.24, 2.45) is 0 Å². The van der Waals surface area contributed by atoms with E-state index in [1.54, 1.807) is 6.92 Å². The second-order valence-corrected chi connectivity index (χ2v) is 5.15. The smallest absolute Gasteiger partial charge is 0.242 e. The molecule has 0 aliphatic heterocycles. The quantitative estimate of drug-likeness (QED) is 0.684. The van der Waals surface area contributed by atoms with Crippen LogP contribution in [0.5, 0.6) is 0 Å². The summed E-state index contributed by atoms with van der Waals surface area (Å²) in [5, 5.41) is 5.44. The Kier molecular flexibility index (Phi) is 6.03. The number of rotatable bonds is 6. The third kappa shape index (κ3) is 5.30. The van der Waals surface area contributed by atoms with Crippen molar-refractivity contribution in [2.75, 3.05) is 5.73 Å². The fourth-order valence-electron chi connectivity index (χ4n) is 1.80. The highest BCUT2D eigenvalue weighted by molar-refractivity contribution is 5.87. The first-order valence-corrected chi connectivity index (χ1v) is 6.83. The van der Waals surface area contributed by atoms with Gasteiger partial charge in [0.25, 0.3) is 0 Å². The molecule has 110 valence electrons. The Hall–Kier alpha value is -2.04. The van der Waals surface area contributed by atoms with E-state index in [4.69, 9.17) is 5.73 Å². The van der Waals surface area contributed by atoms with Gasteiger partial charge >= 0.3 is 0 Å². The van der Waals surface area contributed by atoms with E-state index in [2.05, 4.69) is 10.6 Å². The monoisotopic (exact) mass is 277 g/mol. The summed E-state index contributed by atoms with van der Waals surface area (Å²) >= 11 is 0. The van der Waals surface area contributed by atoms with Crippen LogP contribution in [0.15, 0.2) is 24.3 Å². The number of carbonyl (C=O) groups is 2. The van der Waals surface area contributed by atoms with Crippen molar-refractivity contribution < 1.29 is 9.59 Å². The van der Waals surface area contributed by atoms with Gasteiger partial charge in [0.15, 0.2) is 0 Å². The maximum atomic E-state index is 11.8. The first kappa shape index (κ1) is 16.0. The van der Waals surface area contributed by atoms with Crippen LogP contribution in [0.1, 0.15) is 32.8 Å². The van der Waals surface area contributed by atoms with Crippen LogP contribution in [-0.4, -0.2) is 23.9 Å². The molecule has 0 aliphatic carbocycles. The highest BCUT2D eigenvalue weighted by Crippen LogP contribution is 2.12. The molecule has 1 rings (SSSR count). The van der Waals surface area contributed by atoms with E-state index in [1.807, 2.05) is 38.1 Å². The zero-order valence-electron chi connectivity index (χ0n) is 12.3. The molecule has 5 heteroatoms. The second kappa shape index (κ2) is 7.53. The minimum atomic E-state index is -0.530. The third-order valence-electron chi connectivity index (χ3n) is 2.88. The van der Waals surface area contributed by atoms with E-state index < -0.39 is 6.04 Å². The molecule has 1 aromatic rings. The van der Waals surface area contributed by atoms with Gasteiger partial charge in [-0.15, -0.1) is 0 Å². The summed E-state index contributed by atoms with van der Waals surface area (Å²) in [6.07, 6.45) is 0.880. The standard InChI is InChI=1S/C15H23N3O2/c1-10(2)17-15(20)11(3)18-14(19)9-8-12-6-4-5-7-13(12)16/h4-7,10-11H,8-9,16H2,1-3H3,(H,17,20)(H,18,19). The van der Waals surface area contributed by atoms with Crippen LogP contribution in [0.25, 0.3) is 0 Å². The third-order valence-corrected chi connectivity index (χ3v) is 2.88. The number of hydrogen-bond acceptors (Lipinski definition) is 3. The van der Waals surface area contributed by atoms with Gasteiger partial charge in [-0.25, -0.2) is 0 Å². The Labute approximate surface area is 119 Å². The minimum absolute atomic E-state index is 0.0611. The second-order valence-electron chi connectivity index (χ2n) is 5.15. The molecule has 0 saturated carbocycles. The molecule has 0 spiro atoms. The molecule has 4 N–H and O–H groups in total. The number of aryl methyl sites for hydroxylation is 1. The maximum Gasteiger partial charge on any atom is 0.242 e. The number of amides is 2. The topological polar surface area (TPSA) is 84.2 Å². The molecule has 0 heterocycles. The Bertz CT molecular complexity index is 472. The predicted molar refractivity (Wildman–Crippen MR) is 80.1 cm³/mol. The van der Waals surface area contributed by atoms with Crippen LogP contribution >= 0.6 is 0 Å². The fraction of sp³-hybridized carbons (Fsp3) is 0.467. The first-order chi connectivity index (χ1) is 9.40. The molecule has 0 saturated heterocycles. The van der Waals surface area contributed by atoms with Crippen LogP contribution in [0, 0.1) is 0 Å². The highest BCUT2D eigenvalue weighted by Gasteiger charge is 2.16.